The third-order valence-corrected chi connectivity index (χ3v) is 2.10. The molecule has 3 heteroatoms. The maximum absolute atomic E-state index is 5.39. The number of ether oxygens (including phenoxy) is 1. The van der Waals surface area contributed by atoms with Crippen LogP contribution in [0.25, 0.3) is 0 Å². The van der Waals surface area contributed by atoms with Gasteiger partial charge in [0.25, 0.3) is 0 Å². The molecular weight excluding hydrogens is 140 g/mol. The second-order valence-corrected chi connectivity index (χ2v) is 3.47. The van der Waals surface area contributed by atoms with E-state index >= 15 is 0 Å². The molecule has 1 aliphatic rings. The molecule has 1 heterocycles. The Morgan fingerprint density at radius 2 is 2.27 bits per heavy atom. The summed E-state index contributed by atoms with van der Waals surface area (Å²) in [7, 11) is 6.36. The Balaban J connectivity index is 2.29. The smallest absolute Gasteiger partial charge is 0.0634 e. The van der Waals surface area contributed by atoms with Gasteiger partial charge in [0.05, 0.1) is 13.2 Å². The molecule has 0 aromatic carbocycles. The van der Waals surface area contributed by atoms with Crippen LogP contribution in [-0.2, 0) is 4.74 Å². The zero-order valence-corrected chi connectivity index (χ0v) is 7.71. The minimum absolute atomic E-state index is 0.582. The van der Waals surface area contributed by atoms with Crippen LogP contribution >= 0.6 is 0 Å². The Morgan fingerprint density at radius 1 is 1.55 bits per heavy atom. The van der Waals surface area contributed by atoms with E-state index in [2.05, 4.69) is 30.9 Å². The topological polar surface area (TPSA) is 15.7 Å². The summed E-state index contributed by atoms with van der Waals surface area (Å²) < 4.78 is 5.39. The quantitative estimate of drug-likeness (QED) is 0.557. The fraction of sp³-hybridized carbons (Fsp3) is 1.00. The van der Waals surface area contributed by atoms with Gasteiger partial charge in [0, 0.05) is 19.1 Å². The van der Waals surface area contributed by atoms with E-state index in [-0.39, 0.29) is 0 Å². The zero-order valence-electron chi connectivity index (χ0n) is 7.71. The van der Waals surface area contributed by atoms with Gasteiger partial charge in [-0.3, -0.25) is 4.90 Å². The van der Waals surface area contributed by atoms with Crippen molar-refractivity contribution in [2.75, 3.05) is 47.4 Å². The van der Waals surface area contributed by atoms with Crippen molar-refractivity contribution in [2.45, 2.75) is 6.04 Å². The summed E-state index contributed by atoms with van der Waals surface area (Å²) in [6.07, 6.45) is 0. The summed E-state index contributed by atoms with van der Waals surface area (Å²) in [4.78, 5) is 4.57. The first-order valence-electron chi connectivity index (χ1n) is 4.13. The van der Waals surface area contributed by atoms with Gasteiger partial charge < -0.3 is 9.64 Å². The molecule has 1 saturated heterocycles. The molecule has 0 radical (unpaired) electrons. The van der Waals surface area contributed by atoms with Gasteiger partial charge in [0.15, 0.2) is 0 Å². The highest BCUT2D eigenvalue weighted by Crippen LogP contribution is 2.03. The molecule has 11 heavy (non-hydrogen) atoms. The molecule has 66 valence electrons. The minimum Gasteiger partial charge on any atom is -0.378 e. The molecule has 1 atom stereocenters. The number of hydrogen-bond donors (Lipinski definition) is 0. The molecule has 0 aliphatic carbocycles. The number of morpholine rings is 1. The molecule has 0 bridgehead atoms. The molecule has 0 unspecified atom stereocenters. The van der Waals surface area contributed by atoms with E-state index in [4.69, 9.17) is 4.74 Å². The fourth-order valence-corrected chi connectivity index (χ4v) is 1.35. The molecule has 0 amide bonds. The molecule has 1 fully saturated rings. The molecule has 3 nitrogen and oxygen atoms in total. The van der Waals surface area contributed by atoms with Gasteiger partial charge in [-0.1, -0.05) is 0 Å². The van der Waals surface area contributed by atoms with Gasteiger partial charge in [-0.15, -0.1) is 0 Å². The van der Waals surface area contributed by atoms with Crippen molar-refractivity contribution in [2.24, 2.45) is 0 Å². The lowest BCUT2D eigenvalue weighted by Crippen LogP contribution is -2.47. The standard InChI is InChI=1S/C8H18N2O/c1-9(2)6-8-7-11-5-4-10(8)3/h8H,4-7H2,1-3H3/t8-/m0/s1. The third-order valence-electron chi connectivity index (χ3n) is 2.10. The molecule has 0 aromatic heterocycles. The van der Waals surface area contributed by atoms with Crippen LogP contribution in [0.5, 0.6) is 0 Å². The van der Waals surface area contributed by atoms with E-state index in [1.165, 1.54) is 0 Å². The first kappa shape index (κ1) is 8.97. The Bertz CT molecular complexity index is 117. The lowest BCUT2D eigenvalue weighted by atomic mass is 10.2. The average Bonchev–Trinajstić information content (AvgIpc) is 1.93. The van der Waals surface area contributed by atoms with Crippen LogP contribution in [-0.4, -0.2) is 63.3 Å². The highest BCUT2D eigenvalue weighted by molar-refractivity contribution is 4.73. The monoisotopic (exact) mass is 158 g/mol. The molecule has 0 N–H and O–H groups in total. The van der Waals surface area contributed by atoms with Crippen LogP contribution in [0.15, 0.2) is 0 Å². The Morgan fingerprint density at radius 3 is 2.82 bits per heavy atom. The van der Waals surface area contributed by atoms with Crippen molar-refractivity contribution in [3.63, 3.8) is 0 Å². The third kappa shape index (κ3) is 2.77. The van der Waals surface area contributed by atoms with Crippen LogP contribution in [0.3, 0.4) is 0 Å². The van der Waals surface area contributed by atoms with Crippen molar-refractivity contribution in [3.8, 4) is 0 Å². The molecule has 0 saturated carbocycles. The fourth-order valence-electron chi connectivity index (χ4n) is 1.35. The van der Waals surface area contributed by atoms with Crippen LogP contribution in [0.2, 0.25) is 0 Å². The van der Waals surface area contributed by atoms with E-state index in [0.29, 0.717) is 6.04 Å². The molecule has 0 aromatic rings. The van der Waals surface area contributed by atoms with Gasteiger partial charge in [0.2, 0.25) is 0 Å². The lowest BCUT2D eigenvalue weighted by molar-refractivity contribution is -0.00245. The number of likely N-dealkylation sites (N-methyl/N-ethyl adjacent to an activating group) is 2. The number of hydrogen-bond acceptors (Lipinski definition) is 3. The van der Waals surface area contributed by atoms with Crippen molar-refractivity contribution in [1.29, 1.82) is 0 Å². The van der Waals surface area contributed by atoms with Gasteiger partial charge >= 0.3 is 0 Å². The second-order valence-electron chi connectivity index (χ2n) is 3.47. The summed E-state index contributed by atoms with van der Waals surface area (Å²) in [5.74, 6) is 0. The zero-order chi connectivity index (χ0) is 8.27. The van der Waals surface area contributed by atoms with Gasteiger partial charge in [0.1, 0.15) is 0 Å². The Hall–Kier alpha value is -0.120. The Kier molecular flexibility index (Phi) is 3.30. The molecular formula is C8H18N2O. The summed E-state index contributed by atoms with van der Waals surface area (Å²) >= 11 is 0. The van der Waals surface area contributed by atoms with E-state index in [0.717, 1.165) is 26.3 Å². The maximum atomic E-state index is 5.39. The predicted molar refractivity (Wildman–Crippen MR) is 45.8 cm³/mol. The Labute approximate surface area is 68.9 Å². The average molecular weight is 158 g/mol. The highest BCUT2D eigenvalue weighted by atomic mass is 16.5. The lowest BCUT2D eigenvalue weighted by Gasteiger charge is -2.33. The maximum Gasteiger partial charge on any atom is 0.0634 e. The highest BCUT2D eigenvalue weighted by Gasteiger charge is 2.19. The second kappa shape index (κ2) is 4.04. The van der Waals surface area contributed by atoms with Gasteiger partial charge in [-0.2, -0.15) is 0 Å². The van der Waals surface area contributed by atoms with Crippen LogP contribution in [0, 0.1) is 0 Å². The van der Waals surface area contributed by atoms with Gasteiger partial charge in [-0.05, 0) is 21.1 Å². The van der Waals surface area contributed by atoms with Crippen molar-refractivity contribution < 1.29 is 4.74 Å². The predicted octanol–water partition coefficient (Wildman–Crippen LogP) is -0.121. The first-order chi connectivity index (χ1) is 5.20. The minimum atomic E-state index is 0.582. The van der Waals surface area contributed by atoms with Crippen molar-refractivity contribution >= 4 is 0 Å². The van der Waals surface area contributed by atoms with E-state index in [1.54, 1.807) is 0 Å². The molecule has 1 aliphatic heterocycles. The summed E-state index contributed by atoms with van der Waals surface area (Å²) in [6, 6.07) is 0.582. The van der Waals surface area contributed by atoms with Crippen LogP contribution in [0.4, 0.5) is 0 Å². The van der Waals surface area contributed by atoms with Gasteiger partial charge in [-0.25, -0.2) is 0 Å². The normalized spacial score (nSPS) is 27.8. The SMILES string of the molecule is CN(C)C[C@H]1COCCN1C. The molecule has 0 spiro atoms. The van der Waals surface area contributed by atoms with Crippen molar-refractivity contribution in [3.05, 3.63) is 0 Å². The number of nitrogens with zero attached hydrogens (tertiary/aromatic N) is 2. The summed E-state index contributed by atoms with van der Waals surface area (Å²) in [5.41, 5.74) is 0. The van der Waals surface area contributed by atoms with E-state index in [1.807, 2.05) is 0 Å². The van der Waals surface area contributed by atoms with Crippen molar-refractivity contribution in [1.82, 2.24) is 9.80 Å². The first-order valence-corrected chi connectivity index (χ1v) is 4.13. The van der Waals surface area contributed by atoms with E-state index < -0.39 is 0 Å². The van der Waals surface area contributed by atoms with Crippen LogP contribution < -0.4 is 0 Å². The molecule has 1 rings (SSSR count). The van der Waals surface area contributed by atoms with Crippen LogP contribution in [0.1, 0.15) is 0 Å². The summed E-state index contributed by atoms with van der Waals surface area (Å²) in [6.45, 7) is 3.93. The van der Waals surface area contributed by atoms with E-state index in [9.17, 15) is 0 Å². The summed E-state index contributed by atoms with van der Waals surface area (Å²) in [5, 5.41) is 0. The number of rotatable bonds is 2. The largest absolute Gasteiger partial charge is 0.378 e.